The second-order valence-electron chi connectivity index (χ2n) is 0. The molecule has 2 nitrogen and oxygen atoms in total. The summed E-state index contributed by atoms with van der Waals surface area (Å²) in [5.41, 5.74) is 0. The minimum Gasteiger partial charge on any atom is -0.870 e. The van der Waals surface area contributed by atoms with Gasteiger partial charge in [-0.25, -0.2) is 0 Å². The zero-order chi connectivity index (χ0) is 0. The molecule has 0 spiro atoms. The Labute approximate surface area is 93.0 Å². The quantitative estimate of drug-likeness (QED) is 0.554. The molecule has 0 saturated carbocycles. The molecule has 0 saturated heterocycles. The van der Waals surface area contributed by atoms with Crippen molar-refractivity contribution >= 4 is 48.9 Å². The van der Waals surface area contributed by atoms with E-state index in [4.69, 9.17) is 0 Å². The van der Waals surface area contributed by atoms with E-state index in [9.17, 15) is 0 Å². The van der Waals surface area contributed by atoms with Gasteiger partial charge in [0.1, 0.15) is 0 Å². The normalized spacial score (nSPS) is 0. The Morgan fingerprint density at radius 2 is 0.750 bits per heavy atom. The molecule has 0 aromatic rings. The van der Waals surface area contributed by atoms with Crippen molar-refractivity contribution in [2.75, 3.05) is 0 Å². The molecule has 0 heterocycles. The fourth-order valence-corrected chi connectivity index (χ4v) is 0. The smallest absolute Gasteiger partial charge is 0.870 e. The van der Waals surface area contributed by atoms with E-state index in [1.807, 2.05) is 0 Å². The van der Waals surface area contributed by atoms with Crippen molar-refractivity contribution in [3.8, 4) is 0 Å². The van der Waals surface area contributed by atoms with E-state index in [-0.39, 0.29) is 95.4 Å². The molecule has 0 aliphatic carbocycles. The van der Waals surface area contributed by atoms with Gasteiger partial charge in [0.15, 0.2) is 0 Å². The van der Waals surface area contributed by atoms with E-state index in [1.165, 1.54) is 0 Å². The van der Waals surface area contributed by atoms with Gasteiger partial charge in [0.2, 0.25) is 0 Å². The molecule has 19 valence electrons. The SMILES string of the molecule is [Ba+2].[La].[OH-].[OH-]. The van der Waals surface area contributed by atoms with Gasteiger partial charge in [-0.1, -0.05) is 0 Å². The van der Waals surface area contributed by atoms with Gasteiger partial charge in [0.25, 0.3) is 0 Å². The summed E-state index contributed by atoms with van der Waals surface area (Å²) in [4.78, 5) is 0. The summed E-state index contributed by atoms with van der Waals surface area (Å²) < 4.78 is 0. The fourth-order valence-electron chi connectivity index (χ4n) is 0. The molecule has 0 aromatic heterocycles. The molecule has 2 N–H and O–H groups in total. The summed E-state index contributed by atoms with van der Waals surface area (Å²) in [7, 11) is 0. The minimum atomic E-state index is 0. The molecule has 0 unspecified atom stereocenters. The first-order valence-electron chi connectivity index (χ1n) is 0. The van der Waals surface area contributed by atoms with Gasteiger partial charge in [-0.3, -0.25) is 0 Å². The van der Waals surface area contributed by atoms with E-state index in [0.29, 0.717) is 0 Å². The zero-order valence-electron chi connectivity index (χ0n) is 2.18. The van der Waals surface area contributed by atoms with Crippen LogP contribution in [-0.2, 0) is 0 Å². The third-order valence-electron chi connectivity index (χ3n) is 0. The predicted octanol–water partition coefficient (Wildman–Crippen LogP) is -0.734. The van der Waals surface area contributed by atoms with E-state index in [1.54, 1.807) is 0 Å². The average Bonchev–Trinajstić information content (AvgIpc) is 0. The van der Waals surface area contributed by atoms with Gasteiger partial charge in [0.05, 0.1) is 0 Å². The molecular formula is H2BaLaO2. The second kappa shape index (κ2) is 17.3. The van der Waals surface area contributed by atoms with E-state index >= 15 is 0 Å². The Kier molecular flexibility index (Phi) is 130. The Balaban J connectivity index is 0. The summed E-state index contributed by atoms with van der Waals surface area (Å²) in [5.74, 6) is 0. The van der Waals surface area contributed by atoms with Crippen LogP contribution in [0, 0.1) is 35.6 Å². The van der Waals surface area contributed by atoms with Crippen molar-refractivity contribution in [1.29, 1.82) is 0 Å². The first kappa shape index (κ1) is 30.0. The van der Waals surface area contributed by atoms with Crippen LogP contribution < -0.4 is 0 Å². The molecule has 4 heteroatoms. The summed E-state index contributed by atoms with van der Waals surface area (Å²) in [6.45, 7) is 0. The monoisotopic (exact) mass is 311 g/mol. The fraction of sp³-hybridized carbons (Fsp3) is 0. The average molecular weight is 310 g/mol. The van der Waals surface area contributed by atoms with Crippen LogP contribution in [0.1, 0.15) is 0 Å². The molecule has 0 bridgehead atoms. The van der Waals surface area contributed by atoms with Crippen LogP contribution >= 0.6 is 0 Å². The summed E-state index contributed by atoms with van der Waals surface area (Å²) in [6, 6.07) is 0. The Bertz CT molecular complexity index is 6.00. The molecule has 0 aliphatic rings. The topological polar surface area (TPSA) is 60.0 Å². The molecule has 0 fully saturated rings. The number of hydrogen-bond donors (Lipinski definition) is 0. The van der Waals surface area contributed by atoms with Crippen LogP contribution in [0.3, 0.4) is 0 Å². The van der Waals surface area contributed by atoms with E-state index < -0.39 is 0 Å². The molecule has 0 aromatic carbocycles. The minimum absolute atomic E-state index is 0. The standard InChI is InChI=1S/Ba.La.2H2O/h;;2*1H2/q+2;;;/p-2. The van der Waals surface area contributed by atoms with Gasteiger partial charge in [-0.05, 0) is 0 Å². The van der Waals surface area contributed by atoms with Gasteiger partial charge in [-0.15, -0.1) is 0 Å². The van der Waals surface area contributed by atoms with Crippen molar-refractivity contribution < 1.29 is 46.6 Å². The first-order chi connectivity index (χ1) is 0. The van der Waals surface area contributed by atoms with Crippen molar-refractivity contribution in [2.45, 2.75) is 0 Å². The largest absolute Gasteiger partial charge is 2.00 e. The number of rotatable bonds is 0. The third kappa shape index (κ3) is 8.82. The molecular weight excluding hydrogens is 308 g/mol. The van der Waals surface area contributed by atoms with Crippen molar-refractivity contribution in [2.24, 2.45) is 0 Å². The molecule has 0 aliphatic heterocycles. The van der Waals surface area contributed by atoms with Gasteiger partial charge in [0, 0.05) is 35.6 Å². The molecule has 4 heavy (non-hydrogen) atoms. The maximum atomic E-state index is 0. The predicted molar refractivity (Wildman–Crippen MR) is 9.63 cm³/mol. The van der Waals surface area contributed by atoms with Crippen LogP contribution in [0.5, 0.6) is 0 Å². The van der Waals surface area contributed by atoms with Crippen LogP contribution in [0.2, 0.25) is 0 Å². The van der Waals surface area contributed by atoms with Crippen LogP contribution in [0.4, 0.5) is 0 Å². The molecule has 0 amide bonds. The third-order valence-corrected chi connectivity index (χ3v) is 0. The maximum absolute atomic E-state index is 0. The van der Waals surface area contributed by atoms with Crippen molar-refractivity contribution in [1.82, 2.24) is 0 Å². The molecule has 0 atom stereocenters. The van der Waals surface area contributed by atoms with Gasteiger partial charge in [-0.2, -0.15) is 0 Å². The summed E-state index contributed by atoms with van der Waals surface area (Å²) in [5, 5.41) is 0. The summed E-state index contributed by atoms with van der Waals surface area (Å²) >= 11 is 0. The first-order valence-corrected chi connectivity index (χ1v) is 0. The van der Waals surface area contributed by atoms with Gasteiger partial charge >= 0.3 is 48.9 Å². The van der Waals surface area contributed by atoms with Crippen molar-refractivity contribution in [3.63, 3.8) is 0 Å². The number of hydrogen-bond acceptors (Lipinski definition) is 2. The van der Waals surface area contributed by atoms with Crippen molar-refractivity contribution in [3.05, 3.63) is 0 Å². The second-order valence-corrected chi connectivity index (χ2v) is 0. The van der Waals surface area contributed by atoms with E-state index in [0.717, 1.165) is 0 Å². The molecule has 0 rings (SSSR count). The van der Waals surface area contributed by atoms with Crippen LogP contribution in [-0.4, -0.2) is 59.8 Å². The van der Waals surface area contributed by atoms with Crippen LogP contribution in [0.25, 0.3) is 0 Å². The Morgan fingerprint density at radius 3 is 0.750 bits per heavy atom. The summed E-state index contributed by atoms with van der Waals surface area (Å²) in [6.07, 6.45) is 0. The van der Waals surface area contributed by atoms with E-state index in [2.05, 4.69) is 0 Å². The maximum Gasteiger partial charge on any atom is 2.00 e. The Hall–Kier alpha value is 2.69. The van der Waals surface area contributed by atoms with Crippen LogP contribution in [0.15, 0.2) is 0 Å². The Morgan fingerprint density at radius 1 is 0.750 bits per heavy atom. The molecule has 1 radical (unpaired) electrons. The van der Waals surface area contributed by atoms with Gasteiger partial charge < -0.3 is 11.0 Å². The zero-order valence-corrected chi connectivity index (χ0v) is 10.2.